The van der Waals surface area contributed by atoms with Gasteiger partial charge in [0, 0.05) is 19.5 Å². The molecule has 0 atom stereocenters. The van der Waals surface area contributed by atoms with Crippen LogP contribution in [0.15, 0.2) is 18.2 Å². The van der Waals surface area contributed by atoms with Crippen molar-refractivity contribution in [1.29, 1.82) is 0 Å². The molecular formula is C14H18N2O2. The van der Waals surface area contributed by atoms with E-state index < -0.39 is 0 Å². The van der Waals surface area contributed by atoms with E-state index in [-0.39, 0.29) is 18.4 Å². The quantitative estimate of drug-likeness (QED) is 0.851. The van der Waals surface area contributed by atoms with Crippen molar-refractivity contribution < 1.29 is 9.59 Å². The molecule has 1 N–H and O–H groups in total. The second-order valence-electron chi connectivity index (χ2n) is 4.71. The molecule has 96 valence electrons. The summed E-state index contributed by atoms with van der Waals surface area (Å²) in [5, 5.41) is 2.61. The molecule has 0 radical (unpaired) electrons. The third-order valence-corrected chi connectivity index (χ3v) is 3.39. The summed E-state index contributed by atoms with van der Waals surface area (Å²) >= 11 is 0. The molecular weight excluding hydrogens is 228 g/mol. The average Bonchev–Trinajstić information content (AvgIpc) is 2.48. The van der Waals surface area contributed by atoms with Crippen molar-refractivity contribution in [1.82, 2.24) is 10.2 Å². The van der Waals surface area contributed by atoms with Gasteiger partial charge in [-0.3, -0.25) is 9.59 Å². The SMILES string of the molecule is Cc1cccc(C)c1CN1CCC(=O)NCC1=O. The number of aryl methyl sites for hydroxylation is 2. The zero-order valence-electron chi connectivity index (χ0n) is 10.8. The van der Waals surface area contributed by atoms with Gasteiger partial charge in [-0.2, -0.15) is 0 Å². The summed E-state index contributed by atoms with van der Waals surface area (Å²) < 4.78 is 0. The predicted molar refractivity (Wildman–Crippen MR) is 69.0 cm³/mol. The Morgan fingerprint density at radius 3 is 2.56 bits per heavy atom. The maximum atomic E-state index is 11.9. The molecule has 0 saturated carbocycles. The minimum absolute atomic E-state index is 0.0106. The minimum Gasteiger partial charge on any atom is -0.347 e. The van der Waals surface area contributed by atoms with Crippen molar-refractivity contribution in [2.45, 2.75) is 26.8 Å². The van der Waals surface area contributed by atoms with Gasteiger partial charge in [0.05, 0.1) is 6.54 Å². The molecule has 0 aromatic heterocycles. The van der Waals surface area contributed by atoms with Gasteiger partial charge in [-0.15, -0.1) is 0 Å². The van der Waals surface area contributed by atoms with Crippen LogP contribution in [0, 0.1) is 13.8 Å². The van der Waals surface area contributed by atoms with Crippen LogP contribution in [-0.4, -0.2) is 29.8 Å². The summed E-state index contributed by atoms with van der Waals surface area (Å²) in [5.74, 6) is -0.0594. The number of carbonyl (C=O) groups excluding carboxylic acids is 2. The number of hydrogen-bond acceptors (Lipinski definition) is 2. The predicted octanol–water partition coefficient (Wildman–Crippen LogP) is 1.15. The van der Waals surface area contributed by atoms with Crippen LogP contribution in [-0.2, 0) is 16.1 Å². The van der Waals surface area contributed by atoms with Crippen molar-refractivity contribution in [3.63, 3.8) is 0 Å². The molecule has 2 amide bonds. The number of nitrogens with zero attached hydrogens (tertiary/aromatic N) is 1. The molecule has 0 spiro atoms. The fraction of sp³-hybridized carbons (Fsp3) is 0.429. The van der Waals surface area contributed by atoms with Gasteiger partial charge < -0.3 is 10.2 Å². The van der Waals surface area contributed by atoms with E-state index in [4.69, 9.17) is 0 Å². The Kier molecular flexibility index (Phi) is 3.65. The van der Waals surface area contributed by atoms with Crippen molar-refractivity contribution >= 4 is 11.8 Å². The summed E-state index contributed by atoms with van der Waals surface area (Å²) in [4.78, 5) is 24.9. The topological polar surface area (TPSA) is 49.4 Å². The van der Waals surface area contributed by atoms with Crippen LogP contribution >= 0.6 is 0 Å². The van der Waals surface area contributed by atoms with Gasteiger partial charge in [-0.1, -0.05) is 18.2 Å². The van der Waals surface area contributed by atoms with Crippen LogP contribution < -0.4 is 5.32 Å². The summed E-state index contributed by atoms with van der Waals surface area (Å²) in [6.45, 7) is 5.30. The van der Waals surface area contributed by atoms with E-state index in [1.54, 1.807) is 4.90 Å². The number of benzene rings is 1. The van der Waals surface area contributed by atoms with E-state index in [1.165, 1.54) is 16.7 Å². The first kappa shape index (κ1) is 12.6. The largest absolute Gasteiger partial charge is 0.347 e. The maximum absolute atomic E-state index is 11.9. The fourth-order valence-electron chi connectivity index (χ4n) is 2.19. The zero-order valence-corrected chi connectivity index (χ0v) is 10.8. The molecule has 1 heterocycles. The standard InChI is InChI=1S/C14H18N2O2/c1-10-4-3-5-11(2)12(10)9-16-7-6-13(17)15-8-14(16)18/h3-5H,6-9H2,1-2H3,(H,15,17). The molecule has 4 heteroatoms. The van der Waals surface area contributed by atoms with Crippen LogP contribution in [0.25, 0.3) is 0 Å². The lowest BCUT2D eigenvalue weighted by Crippen LogP contribution is -2.35. The number of nitrogens with one attached hydrogen (secondary N) is 1. The van der Waals surface area contributed by atoms with Crippen LogP contribution in [0.4, 0.5) is 0 Å². The second-order valence-corrected chi connectivity index (χ2v) is 4.71. The van der Waals surface area contributed by atoms with Gasteiger partial charge >= 0.3 is 0 Å². The van der Waals surface area contributed by atoms with Crippen LogP contribution in [0.3, 0.4) is 0 Å². The van der Waals surface area contributed by atoms with Crippen molar-refractivity contribution in [2.24, 2.45) is 0 Å². The van der Waals surface area contributed by atoms with E-state index in [2.05, 4.69) is 5.32 Å². The molecule has 2 rings (SSSR count). The highest BCUT2D eigenvalue weighted by Crippen LogP contribution is 2.16. The van der Waals surface area contributed by atoms with Gasteiger partial charge in [0.1, 0.15) is 0 Å². The monoisotopic (exact) mass is 246 g/mol. The van der Waals surface area contributed by atoms with E-state index in [0.29, 0.717) is 19.5 Å². The van der Waals surface area contributed by atoms with Crippen molar-refractivity contribution in [3.8, 4) is 0 Å². The molecule has 18 heavy (non-hydrogen) atoms. The lowest BCUT2D eigenvalue weighted by molar-refractivity contribution is -0.130. The fourth-order valence-corrected chi connectivity index (χ4v) is 2.19. The molecule has 1 aromatic rings. The van der Waals surface area contributed by atoms with E-state index in [9.17, 15) is 9.59 Å². The molecule has 1 aliphatic rings. The lowest BCUT2D eigenvalue weighted by atomic mass is 10.0. The normalized spacial score (nSPS) is 16.4. The highest BCUT2D eigenvalue weighted by Gasteiger charge is 2.20. The number of rotatable bonds is 2. The Morgan fingerprint density at radius 1 is 1.22 bits per heavy atom. The van der Waals surface area contributed by atoms with Gasteiger partial charge in [-0.05, 0) is 30.5 Å². The number of carbonyl (C=O) groups is 2. The third kappa shape index (κ3) is 2.70. The van der Waals surface area contributed by atoms with Gasteiger partial charge in [0.2, 0.25) is 11.8 Å². The molecule has 0 unspecified atom stereocenters. The second kappa shape index (κ2) is 5.21. The van der Waals surface area contributed by atoms with E-state index in [1.807, 2.05) is 32.0 Å². The van der Waals surface area contributed by atoms with Crippen molar-refractivity contribution in [2.75, 3.05) is 13.1 Å². The van der Waals surface area contributed by atoms with Crippen LogP contribution in [0.2, 0.25) is 0 Å². The molecule has 1 aromatic carbocycles. The molecule has 4 nitrogen and oxygen atoms in total. The Hall–Kier alpha value is -1.84. The van der Waals surface area contributed by atoms with Gasteiger partial charge in [-0.25, -0.2) is 0 Å². The van der Waals surface area contributed by atoms with Crippen molar-refractivity contribution in [3.05, 3.63) is 34.9 Å². The Labute approximate surface area is 107 Å². The zero-order chi connectivity index (χ0) is 13.1. The Balaban J connectivity index is 2.17. The highest BCUT2D eigenvalue weighted by atomic mass is 16.2. The first-order chi connectivity index (χ1) is 8.58. The summed E-state index contributed by atoms with van der Waals surface area (Å²) in [5.41, 5.74) is 3.55. The molecule has 1 fully saturated rings. The molecule has 1 saturated heterocycles. The third-order valence-electron chi connectivity index (χ3n) is 3.39. The molecule has 0 aliphatic carbocycles. The summed E-state index contributed by atoms with van der Waals surface area (Å²) in [6.07, 6.45) is 0.386. The van der Waals surface area contributed by atoms with E-state index >= 15 is 0 Å². The Bertz CT molecular complexity index is 462. The molecule has 1 aliphatic heterocycles. The number of amides is 2. The van der Waals surface area contributed by atoms with Gasteiger partial charge in [0.25, 0.3) is 0 Å². The van der Waals surface area contributed by atoms with Crippen LogP contribution in [0.1, 0.15) is 23.1 Å². The smallest absolute Gasteiger partial charge is 0.242 e. The Morgan fingerprint density at radius 2 is 1.89 bits per heavy atom. The summed E-state index contributed by atoms with van der Waals surface area (Å²) in [6, 6.07) is 6.12. The molecule has 0 bridgehead atoms. The number of hydrogen-bond donors (Lipinski definition) is 1. The highest BCUT2D eigenvalue weighted by molar-refractivity contribution is 5.87. The van der Waals surface area contributed by atoms with Gasteiger partial charge in [0.15, 0.2) is 0 Å². The van der Waals surface area contributed by atoms with E-state index in [0.717, 1.165) is 0 Å². The minimum atomic E-state index is -0.0487. The maximum Gasteiger partial charge on any atom is 0.242 e. The van der Waals surface area contributed by atoms with Crippen LogP contribution in [0.5, 0.6) is 0 Å². The average molecular weight is 246 g/mol. The first-order valence-corrected chi connectivity index (χ1v) is 6.17. The first-order valence-electron chi connectivity index (χ1n) is 6.17. The summed E-state index contributed by atoms with van der Waals surface area (Å²) in [7, 11) is 0. The lowest BCUT2D eigenvalue weighted by Gasteiger charge is -2.22.